The number of nitrogens with two attached hydrogens (primary N) is 1. The van der Waals surface area contributed by atoms with Crippen LogP contribution in [0.1, 0.15) is 12.8 Å². The van der Waals surface area contributed by atoms with Gasteiger partial charge in [-0.25, -0.2) is 0 Å². The molecule has 0 aromatic rings. The van der Waals surface area contributed by atoms with E-state index in [0.29, 0.717) is 12.8 Å². The molecule has 5 nitrogen and oxygen atoms in total. The second kappa shape index (κ2) is 3.10. The highest BCUT2D eigenvalue weighted by atomic mass is 16.5. The van der Waals surface area contributed by atoms with Crippen LogP contribution in [-0.4, -0.2) is 31.1 Å². The van der Waals surface area contributed by atoms with Crippen LogP contribution in [0.25, 0.3) is 0 Å². The SMILES string of the molecule is COC(=O)CNC(=O)C1(N)CC1. The zero-order valence-electron chi connectivity index (χ0n) is 6.92. The summed E-state index contributed by atoms with van der Waals surface area (Å²) in [5.74, 6) is -0.736. The molecule has 1 rings (SSSR count). The average Bonchev–Trinajstić information content (AvgIpc) is 2.80. The second-order valence-electron chi connectivity index (χ2n) is 2.91. The van der Waals surface area contributed by atoms with Gasteiger partial charge in [-0.2, -0.15) is 0 Å². The molecule has 0 spiro atoms. The number of hydrogen-bond donors (Lipinski definition) is 2. The predicted octanol–water partition coefficient (Wildman–Crippen LogP) is -1.23. The Morgan fingerprint density at radius 1 is 1.58 bits per heavy atom. The van der Waals surface area contributed by atoms with E-state index in [1.807, 2.05) is 0 Å². The van der Waals surface area contributed by atoms with Crippen molar-refractivity contribution in [2.24, 2.45) is 5.73 Å². The first-order valence-electron chi connectivity index (χ1n) is 3.72. The Balaban J connectivity index is 2.23. The second-order valence-corrected chi connectivity index (χ2v) is 2.91. The maximum Gasteiger partial charge on any atom is 0.325 e. The fourth-order valence-corrected chi connectivity index (χ4v) is 0.762. The van der Waals surface area contributed by atoms with Gasteiger partial charge in [-0.15, -0.1) is 0 Å². The topological polar surface area (TPSA) is 81.4 Å². The summed E-state index contributed by atoms with van der Waals surface area (Å²) in [4.78, 5) is 21.7. The van der Waals surface area contributed by atoms with Crippen LogP contribution in [0.2, 0.25) is 0 Å². The number of carbonyl (C=O) groups excluding carboxylic acids is 2. The van der Waals surface area contributed by atoms with Gasteiger partial charge in [-0.05, 0) is 12.8 Å². The lowest BCUT2D eigenvalue weighted by Crippen LogP contribution is -2.44. The number of nitrogens with one attached hydrogen (secondary N) is 1. The van der Waals surface area contributed by atoms with E-state index in [9.17, 15) is 9.59 Å². The molecule has 0 radical (unpaired) electrons. The minimum absolute atomic E-state index is 0.103. The van der Waals surface area contributed by atoms with E-state index in [1.165, 1.54) is 7.11 Å². The van der Waals surface area contributed by atoms with E-state index in [0.717, 1.165) is 0 Å². The van der Waals surface area contributed by atoms with E-state index in [4.69, 9.17) is 5.73 Å². The summed E-state index contributed by atoms with van der Waals surface area (Å²) in [6.45, 7) is -0.103. The molecular weight excluding hydrogens is 160 g/mol. The van der Waals surface area contributed by atoms with E-state index in [-0.39, 0.29) is 12.5 Å². The van der Waals surface area contributed by atoms with Crippen molar-refractivity contribution in [2.75, 3.05) is 13.7 Å². The lowest BCUT2D eigenvalue weighted by Gasteiger charge is -2.08. The average molecular weight is 172 g/mol. The summed E-state index contributed by atoms with van der Waals surface area (Å²) >= 11 is 0. The number of rotatable bonds is 3. The molecule has 1 saturated carbocycles. The summed E-state index contributed by atoms with van der Waals surface area (Å²) in [6, 6.07) is 0. The first-order valence-corrected chi connectivity index (χ1v) is 3.72. The van der Waals surface area contributed by atoms with Crippen molar-refractivity contribution >= 4 is 11.9 Å². The zero-order chi connectivity index (χ0) is 9.19. The molecule has 68 valence electrons. The summed E-state index contributed by atoms with van der Waals surface area (Å²) in [5, 5.41) is 2.40. The highest BCUT2D eigenvalue weighted by Crippen LogP contribution is 2.31. The lowest BCUT2D eigenvalue weighted by atomic mass is 10.3. The van der Waals surface area contributed by atoms with Gasteiger partial charge in [0.2, 0.25) is 5.91 Å². The van der Waals surface area contributed by atoms with Gasteiger partial charge in [0.05, 0.1) is 12.6 Å². The first-order chi connectivity index (χ1) is 5.58. The van der Waals surface area contributed by atoms with Gasteiger partial charge < -0.3 is 15.8 Å². The Hall–Kier alpha value is -1.10. The molecule has 0 unspecified atom stereocenters. The Morgan fingerprint density at radius 2 is 2.17 bits per heavy atom. The third-order valence-electron chi connectivity index (χ3n) is 1.86. The number of carbonyl (C=O) groups is 2. The van der Waals surface area contributed by atoms with Crippen LogP contribution in [0.3, 0.4) is 0 Å². The van der Waals surface area contributed by atoms with Crippen molar-refractivity contribution in [3.63, 3.8) is 0 Å². The van der Waals surface area contributed by atoms with Crippen LogP contribution in [0.4, 0.5) is 0 Å². The largest absolute Gasteiger partial charge is 0.468 e. The monoisotopic (exact) mass is 172 g/mol. The van der Waals surface area contributed by atoms with Gasteiger partial charge in [-0.3, -0.25) is 9.59 Å². The molecule has 12 heavy (non-hydrogen) atoms. The molecule has 0 aromatic carbocycles. The van der Waals surface area contributed by atoms with Crippen molar-refractivity contribution < 1.29 is 14.3 Å². The molecule has 1 aliphatic rings. The Labute approximate surface area is 70.2 Å². The smallest absolute Gasteiger partial charge is 0.325 e. The Morgan fingerprint density at radius 3 is 2.58 bits per heavy atom. The van der Waals surface area contributed by atoms with Crippen LogP contribution in [0.15, 0.2) is 0 Å². The molecule has 3 N–H and O–H groups in total. The molecule has 0 aliphatic heterocycles. The van der Waals surface area contributed by atoms with Gasteiger partial charge in [0, 0.05) is 0 Å². The minimum atomic E-state index is -0.714. The molecule has 5 heteroatoms. The van der Waals surface area contributed by atoms with Gasteiger partial charge in [0.1, 0.15) is 6.54 Å². The lowest BCUT2D eigenvalue weighted by molar-refractivity contribution is -0.141. The van der Waals surface area contributed by atoms with Crippen LogP contribution in [-0.2, 0) is 14.3 Å². The van der Waals surface area contributed by atoms with E-state index in [1.54, 1.807) is 0 Å². The summed E-state index contributed by atoms with van der Waals surface area (Å²) < 4.78 is 4.34. The third kappa shape index (κ3) is 1.94. The van der Waals surface area contributed by atoms with E-state index in [2.05, 4.69) is 10.1 Å². The number of ether oxygens (including phenoxy) is 1. The molecule has 1 fully saturated rings. The van der Waals surface area contributed by atoms with Crippen molar-refractivity contribution in [3.05, 3.63) is 0 Å². The molecule has 1 aliphatic carbocycles. The quantitative estimate of drug-likeness (QED) is 0.522. The van der Waals surface area contributed by atoms with Crippen LogP contribution < -0.4 is 11.1 Å². The van der Waals surface area contributed by atoms with E-state index >= 15 is 0 Å². The number of hydrogen-bond acceptors (Lipinski definition) is 4. The molecule has 0 aromatic heterocycles. The number of methoxy groups -OCH3 is 1. The number of amides is 1. The normalized spacial score (nSPS) is 18.2. The Bertz CT molecular complexity index is 211. The molecule has 0 atom stereocenters. The summed E-state index contributed by atoms with van der Waals surface area (Å²) in [6.07, 6.45) is 1.39. The highest BCUT2D eigenvalue weighted by molar-refractivity contribution is 5.91. The van der Waals surface area contributed by atoms with Gasteiger partial charge in [-0.1, -0.05) is 0 Å². The predicted molar refractivity (Wildman–Crippen MR) is 41.2 cm³/mol. The third-order valence-corrected chi connectivity index (χ3v) is 1.86. The van der Waals surface area contributed by atoms with E-state index < -0.39 is 11.5 Å². The fourth-order valence-electron chi connectivity index (χ4n) is 0.762. The molecule has 0 heterocycles. The number of esters is 1. The van der Waals surface area contributed by atoms with Crippen LogP contribution in [0.5, 0.6) is 0 Å². The van der Waals surface area contributed by atoms with Crippen molar-refractivity contribution in [1.29, 1.82) is 0 Å². The molecule has 0 bridgehead atoms. The summed E-state index contributed by atoms with van der Waals surface area (Å²) in [7, 11) is 1.27. The molecular formula is C7H12N2O3. The maximum atomic E-state index is 11.1. The van der Waals surface area contributed by atoms with Crippen LogP contribution in [0, 0.1) is 0 Å². The highest BCUT2D eigenvalue weighted by Gasteiger charge is 2.45. The standard InChI is InChI=1S/C7H12N2O3/c1-12-5(10)4-9-6(11)7(8)2-3-7/h2-4,8H2,1H3,(H,9,11). The van der Waals surface area contributed by atoms with Crippen molar-refractivity contribution in [3.8, 4) is 0 Å². The van der Waals surface area contributed by atoms with Gasteiger partial charge in [0.25, 0.3) is 0 Å². The van der Waals surface area contributed by atoms with Gasteiger partial charge >= 0.3 is 5.97 Å². The van der Waals surface area contributed by atoms with Gasteiger partial charge in [0.15, 0.2) is 0 Å². The fraction of sp³-hybridized carbons (Fsp3) is 0.714. The van der Waals surface area contributed by atoms with Crippen molar-refractivity contribution in [2.45, 2.75) is 18.4 Å². The zero-order valence-corrected chi connectivity index (χ0v) is 6.92. The maximum absolute atomic E-state index is 11.1. The van der Waals surface area contributed by atoms with Crippen molar-refractivity contribution in [1.82, 2.24) is 5.32 Å². The molecule has 0 saturated heterocycles. The molecule has 1 amide bonds. The van der Waals surface area contributed by atoms with Crippen LogP contribution >= 0.6 is 0 Å². The minimum Gasteiger partial charge on any atom is -0.468 e. The summed E-state index contributed by atoms with van der Waals surface area (Å²) in [5.41, 5.74) is 4.84. The Kier molecular flexibility index (Phi) is 2.32. The first kappa shape index (κ1) is 8.99.